The zero-order chi connectivity index (χ0) is 46.2. The number of carbonyl (C=O) groups excluding carboxylic acids is 1. The molecule has 0 aliphatic heterocycles. The van der Waals surface area contributed by atoms with Gasteiger partial charge < -0.3 is 18.9 Å². The van der Waals surface area contributed by atoms with Gasteiger partial charge in [-0.2, -0.15) is 0 Å². The van der Waals surface area contributed by atoms with Crippen LogP contribution in [0.25, 0.3) is 0 Å². The minimum absolute atomic E-state index is 0.0836. The van der Waals surface area contributed by atoms with Crippen molar-refractivity contribution in [2.24, 2.45) is 0 Å². The normalized spacial score (nSPS) is 14.1. The summed E-state index contributed by atoms with van der Waals surface area (Å²) in [5.74, 6) is -0.323. The van der Waals surface area contributed by atoms with Crippen LogP contribution in [0.1, 0.15) is 219 Å². The molecule has 1 N–H and O–H groups in total. The van der Waals surface area contributed by atoms with Crippen LogP contribution in [0.3, 0.4) is 0 Å². The molecule has 0 rings (SSSR count). The molecular weight excluding hydrogens is 806 g/mol. The van der Waals surface area contributed by atoms with E-state index in [9.17, 15) is 14.3 Å². The Hall–Kier alpha value is -1.80. The largest absolute Gasteiger partial charge is 0.472 e. The molecule has 0 aromatic heterocycles. The first-order chi connectivity index (χ1) is 30.6. The van der Waals surface area contributed by atoms with Gasteiger partial charge in [0.25, 0.3) is 0 Å². The molecule has 0 aromatic rings. The number of phosphoric ester groups is 1. The molecule has 0 heterocycles. The van der Waals surface area contributed by atoms with Crippen molar-refractivity contribution in [3.05, 3.63) is 60.8 Å². The first-order valence-electron chi connectivity index (χ1n) is 26.0. The molecule has 0 fully saturated rings. The fourth-order valence-electron chi connectivity index (χ4n) is 7.00. The van der Waals surface area contributed by atoms with Crippen molar-refractivity contribution in [3.8, 4) is 0 Å². The lowest BCUT2D eigenvalue weighted by atomic mass is 10.1. The Balaban J connectivity index is 4.17. The summed E-state index contributed by atoms with van der Waals surface area (Å²) in [4.78, 5) is 23.0. The molecule has 0 aromatic carbocycles. The number of rotatable bonds is 48. The Morgan fingerprint density at radius 1 is 0.492 bits per heavy atom. The van der Waals surface area contributed by atoms with Crippen molar-refractivity contribution in [1.82, 2.24) is 0 Å². The second-order valence-corrected chi connectivity index (χ2v) is 20.0. The molecule has 2 unspecified atom stereocenters. The van der Waals surface area contributed by atoms with Gasteiger partial charge in [0.15, 0.2) is 0 Å². The maximum atomic E-state index is 12.8. The van der Waals surface area contributed by atoms with Crippen LogP contribution in [0.2, 0.25) is 0 Å². The van der Waals surface area contributed by atoms with Gasteiger partial charge in [-0.25, -0.2) is 4.57 Å². The van der Waals surface area contributed by atoms with Gasteiger partial charge in [-0.05, 0) is 83.5 Å². The van der Waals surface area contributed by atoms with Crippen LogP contribution in [0.4, 0.5) is 0 Å². The molecule has 9 heteroatoms. The predicted molar refractivity (Wildman–Crippen MR) is 270 cm³/mol. The van der Waals surface area contributed by atoms with Gasteiger partial charge >= 0.3 is 13.8 Å². The fraction of sp³-hybridized carbons (Fsp3) is 0.796. The first kappa shape index (κ1) is 61.2. The lowest BCUT2D eigenvalue weighted by Gasteiger charge is -2.24. The molecular formula is C54H101NO7P+. The number of phosphoric acid groups is 1. The Morgan fingerprint density at radius 3 is 1.33 bits per heavy atom. The number of allylic oxidation sites excluding steroid dienone is 10. The summed E-state index contributed by atoms with van der Waals surface area (Å²) in [6.07, 6.45) is 59.7. The molecule has 0 aliphatic rings. The van der Waals surface area contributed by atoms with Crippen LogP contribution in [-0.2, 0) is 27.9 Å². The highest BCUT2D eigenvalue weighted by Gasteiger charge is 2.26. The van der Waals surface area contributed by atoms with Crippen LogP contribution < -0.4 is 0 Å². The number of likely N-dealkylation sites (N-methyl/N-ethyl adjacent to an activating group) is 1. The van der Waals surface area contributed by atoms with E-state index in [1.807, 2.05) is 21.1 Å². The van der Waals surface area contributed by atoms with Crippen molar-refractivity contribution in [1.29, 1.82) is 0 Å². The van der Waals surface area contributed by atoms with Crippen molar-refractivity contribution < 1.29 is 37.3 Å². The molecule has 368 valence electrons. The quantitative estimate of drug-likeness (QED) is 0.0214. The van der Waals surface area contributed by atoms with Crippen LogP contribution in [-0.4, -0.2) is 75.6 Å². The number of unbranched alkanes of at least 4 members (excludes halogenated alkanes) is 24. The second-order valence-electron chi connectivity index (χ2n) is 18.5. The number of nitrogens with zero attached hydrogens (tertiary/aromatic N) is 1. The van der Waals surface area contributed by atoms with Gasteiger partial charge in [0, 0.05) is 13.0 Å². The summed E-state index contributed by atoms with van der Waals surface area (Å²) in [6, 6.07) is 0. The first-order valence-corrected chi connectivity index (χ1v) is 27.5. The molecule has 0 saturated carbocycles. The fourth-order valence-corrected chi connectivity index (χ4v) is 7.74. The molecule has 63 heavy (non-hydrogen) atoms. The lowest BCUT2D eigenvalue weighted by Crippen LogP contribution is -2.37. The molecule has 2 atom stereocenters. The minimum atomic E-state index is -4.29. The predicted octanol–water partition coefficient (Wildman–Crippen LogP) is 16.1. The molecule has 0 radical (unpaired) electrons. The third kappa shape index (κ3) is 51.1. The second kappa shape index (κ2) is 46.7. The Morgan fingerprint density at radius 2 is 0.873 bits per heavy atom. The maximum absolute atomic E-state index is 12.8. The SMILES string of the molecule is CCCCC/C=C\C/C=C\CCCCCCCCCCOCC(COP(=O)(O)OCC[N+](C)(C)C)OC(=O)CCCCCCCCCC/C=C\C/C=C\C/C=C\CCCCCCC. The summed E-state index contributed by atoms with van der Waals surface area (Å²) in [6.45, 7) is 5.58. The Kier molecular flexibility index (Phi) is 45.4. The standard InChI is InChI=1S/C54H100NO7P/c1-6-8-10-12-14-16-18-20-22-24-26-27-28-29-30-31-33-35-37-39-41-43-45-47-54(56)62-53(52-61-63(57,58)60-50-48-55(3,4)5)51-59-49-46-44-42-40-38-36-34-32-25-23-21-19-17-15-13-11-9-7-2/h15,17-18,20-21,23-24,26,28-29,53H,6-14,16,19,22,25,27,30-52H2,1-5H3/p+1/b17-15-,20-18-,23-21-,26-24-,29-28-. The summed E-state index contributed by atoms with van der Waals surface area (Å²) in [5.41, 5.74) is 0. The molecule has 0 amide bonds. The summed E-state index contributed by atoms with van der Waals surface area (Å²) in [7, 11) is 1.65. The lowest BCUT2D eigenvalue weighted by molar-refractivity contribution is -0.870. The van der Waals surface area contributed by atoms with E-state index < -0.39 is 13.9 Å². The number of hydrogen-bond acceptors (Lipinski definition) is 6. The third-order valence-corrected chi connectivity index (χ3v) is 12.0. The minimum Gasteiger partial charge on any atom is -0.457 e. The van der Waals surface area contributed by atoms with E-state index in [4.69, 9.17) is 18.5 Å². The number of quaternary nitrogens is 1. The maximum Gasteiger partial charge on any atom is 0.472 e. The van der Waals surface area contributed by atoms with E-state index in [0.717, 1.165) is 57.8 Å². The van der Waals surface area contributed by atoms with Crippen molar-refractivity contribution in [3.63, 3.8) is 0 Å². The summed E-state index contributed by atoms with van der Waals surface area (Å²) in [5, 5.41) is 0. The number of esters is 1. The van der Waals surface area contributed by atoms with E-state index in [-0.39, 0.29) is 25.8 Å². The van der Waals surface area contributed by atoms with E-state index >= 15 is 0 Å². The van der Waals surface area contributed by atoms with Gasteiger partial charge in [-0.1, -0.05) is 190 Å². The van der Waals surface area contributed by atoms with Crippen LogP contribution >= 0.6 is 7.82 Å². The van der Waals surface area contributed by atoms with Gasteiger partial charge in [0.2, 0.25) is 0 Å². The molecule has 0 bridgehead atoms. The molecule has 8 nitrogen and oxygen atoms in total. The van der Waals surface area contributed by atoms with E-state index in [2.05, 4.69) is 74.6 Å². The summed E-state index contributed by atoms with van der Waals surface area (Å²) >= 11 is 0. The number of ether oxygens (including phenoxy) is 2. The molecule has 0 aliphatic carbocycles. The highest BCUT2D eigenvalue weighted by Crippen LogP contribution is 2.43. The highest BCUT2D eigenvalue weighted by molar-refractivity contribution is 7.47. The van der Waals surface area contributed by atoms with E-state index in [0.29, 0.717) is 24.1 Å². The smallest absolute Gasteiger partial charge is 0.457 e. The van der Waals surface area contributed by atoms with Gasteiger partial charge in [0.1, 0.15) is 19.3 Å². The zero-order valence-electron chi connectivity index (χ0n) is 41.8. The zero-order valence-corrected chi connectivity index (χ0v) is 42.7. The van der Waals surface area contributed by atoms with Crippen LogP contribution in [0.5, 0.6) is 0 Å². The van der Waals surface area contributed by atoms with Gasteiger partial charge in [-0.3, -0.25) is 13.8 Å². The van der Waals surface area contributed by atoms with Crippen molar-refractivity contribution in [2.75, 3.05) is 54.1 Å². The van der Waals surface area contributed by atoms with Crippen molar-refractivity contribution >= 4 is 13.8 Å². The number of hydrogen-bond donors (Lipinski definition) is 1. The average Bonchev–Trinajstić information content (AvgIpc) is 3.24. The number of carbonyl (C=O) groups is 1. The summed E-state index contributed by atoms with van der Waals surface area (Å²) < 4.78 is 35.2. The molecule has 0 saturated heterocycles. The highest BCUT2D eigenvalue weighted by atomic mass is 31.2. The van der Waals surface area contributed by atoms with Crippen LogP contribution in [0, 0.1) is 0 Å². The monoisotopic (exact) mass is 907 g/mol. The molecule has 0 spiro atoms. The third-order valence-electron chi connectivity index (χ3n) is 11.1. The van der Waals surface area contributed by atoms with Crippen LogP contribution in [0.15, 0.2) is 60.8 Å². The van der Waals surface area contributed by atoms with Crippen molar-refractivity contribution in [2.45, 2.75) is 225 Å². The van der Waals surface area contributed by atoms with Gasteiger partial charge in [-0.15, -0.1) is 0 Å². The Bertz CT molecular complexity index is 1190. The van der Waals surface area contributed by atoms with E-state index in [1.165, 1.54) is 141 Å². The topological polar surface area (TPSA) is 91.3 Å². The van der Waals surface area contributed by atoms with E-state index in [1.54, 1.807) is 0 Å². The Labute approximate surface area is 390 Å². The average molecular weight is 907 g/mol. The van der Waals surface area contributed by atoms with Gasteiger partial charge in [0.05, 0.1) is 34.4 Å².